The highest BCUT2D eigenvalue weighted by Gasteiger charge is 2.53. The smallest absolute Gasteiger partial charge is 0.246 e. The number of rotatable bonds is 8. The maximum Gasteiger partial charge on any atom is 0.246 e. The zero-order chi connectivity index (χ0) is 20.4. The Morgan fingerprint density at radius 2 is 1.97 bits per heavy atom. The van der Waals surface area contributed by atoms with E-state index >= 15 is 0 Å². The topological polar surface area (TPSA) is 78.9 Å². The van der Waals surface area contributed by atoms with Gasteiger partial charge < -0.3 is 20.1 Å². The van der Waals surface area contributed by atoms with Gasteiger partial charge in [0.2, 0.25) is 11.8 Å². The van der Waals surface area contributed by atoms with Crippen LogP contribution in [0.4, 0.5) is 0 Å². The quantitative estimate of drug-likeness (QED) is 0.703. The van der Waals surface area contributed by atoms with Crippen molar-refractivity contribution in [2.75, 3.05) is 26.9 Å². The number of carbonyl (C=O) groups excluding carboxylic acids is 2. The molecule has 4 rings (SSSR count). The monoisotopic (exact) mass is 398 g/mol. The molecule has 0 aromatic heterocycles. The molecule has 2 amide bonds. The van der Waals surface area contributed by atoms with Crippen LogP contribution < -0.4 is 5.32 Å². The molecule has 1 heterocycles. The van der Waals surface area contributed by atoms with E-state index in [0.717, 1.165) is 31.2 Å². The van der Waals surface area contributed by atoms with E-state index in [0.29, 0.717) is 6.54 Å². The Morgan fingerprint density at radius 1 is 1.21 bits per heavy atom. The van der Waals surface area contributed by atoms with Gasteiger partial charge >= 0.3 is 0 Å². The molecule has 2 fully saturated rings. The molecule has 156 valence electrons. The minimum Gasteiger partial charge on any atom is -0.394 e. The van der Waals surface area contributed by atoms with Gasteiger partial charge in [0.1, 0.15) is 6.61 Å². The largest absolute Gasteiger partial charge is 0.394 e. The van der Waals surface area contributed by atoms with Crippen molar-refractivity contribution >= 4 is 17.4 Å². The van der Waals surface area contributed by atoms with Gasteiger partial charge in [0, 0.05) is 25.5 Å². The van der Waals surface area contributed by atoms with Crippen molar-refractivity contribution in [2.24, 2.45) is 5.92 Å². The van der Waals surface area contributed by atoms with Gasteiger partial charge in [-0.3, -0.25) is 9.59 Å². The predicted octanol–water partition coefficient (Wildman–Crippen LogP) is 2.08. The van der Waals surface area contributed by atoms with Crippen LogP contribution in [-0.2, 0) is 14.3 Å². The molecule has 29 heavy (non-hydrogen) atoms. The molecule has 0 bridgehead atoms. The number of hydrogen-bond acceptors (Lipinski definition) is 4. The fraction of sp³-hybridized carbons (Fsp3) is 0.565. The average molecular weight is 399 g/mol. The molecule has 2 aliphatic carbocycles. The number of methoxy groups -OCH3 is 1. The van der Waals surface area contributed by atoms with Crippen LogP contribution in [0.15, 0.2) is 30.3 Å². The standard InChI is InChI=1S/C23H30N2O4/c1-29-14-21(27)24-12-19-22(20(13-26)25(19)23(28)18-10-11-18)17-8-6-16(7-9-17)15-4-2-3-5-15/h4,6-9,18-20,22,26H,2-3,5,10-14H2,1H3,(H,24,27)/t19-,20+,22+/m0/s1. The molecule has 3 atom stereocenters. The SMILES string of the molecule is COCC(=O)NC[C@H]1[C@@H](c2ccc(C3=CCCC3)cc2)[C@@H](CO)N1C(=O)C1CC1. The van der Waals surface area contributed by atoms with Gasteiger partial charge in [0.25, 0.3) is 0 Å². The number of ether oxygens (including phenoxy) is 1. The molecule has 0 unspecified atom stereocenters. The van der Waals surface area contributed by atoms with Gasteiger partial charge in [0.05, 0.1) is 18.7 Å². The van der Waals surface area contributed by atoms with Crippen LogP contribution in [0.25, 0.3) is 5.57 Å². The molecule has 0 spiro atoms. The number of aliphatic hydroxyl groups is 1. The van der Waals surface area contributed by atoms with Crippen molar-refractivity contribution in [3.8, 4) is 0 Å². The number of hydrogen-bond donors (Lipinski definition) is 2. The number of nitrogens with zero attached hydrogens (tertiary/aromatic N) is 1. The Hall–Kier alpha value is -2.18. The molecule has 1 aromatic carbocycles. The zero-order valence-corrected chi connectivity index (χ0v) is 17.0. The third-order valence-electron chi connectivity index (χ3n) is 6.40. The van der Waals surface area contributed by atoms with E-state index in [1.807, 2.05) is 4.90 Å². The van der Waals surface area contributed by atoms with Crippen molar-refractivity contribution in [3.05, 3.63) is 41.5 Å². The lowest BCUT2D eigenvalue weighted by Gasteiger charge is -2.55. The summed E-state index contributed by atoms with van der Waals surface area (Å²) in [6.45, 7) is 0.300. The highest BCUT2D eigenvalue weighted by molar-refractivity contribution is 5.83. The number of nitrogens with one attached hydrogen (secondary N) is 1. The lowest BCUT2D eigenvalue weighted by Crippen LogP contribution is -2.69. The zero-order valence-electron chi connectivity index (χ0n) is 17.0. The van der Waals surface area contributed by atoms with Crippen molar-refractivity contribution in [2.45, 2.75) is 50.1 Å². The van der Waals surface area contributed by atoms with E-state index in [4.69, 9.17) is 4.74 Å². The summed E-state index contributed by atoms with van der Waals surface area (Å²) in [5.74, 6) is 0.0102. The second kappa shape index (κ2) is 8.67. The predicted molar refractivity (Wildman–Crippen MR) is 110 cm³/mol. The summed E-state index contributed by atoms with van der Waals surface area (Å²) in [7, 11) is 1.48. The third kappa shape index (κ3) is 4.09. The molecule has 1 aromatic rings. The van der Waals surface area contributed by atoms with E-state index in [1.54, 1.807) is 0 Å². The first-order valence-electron chi connectivity index (χ1n) is 10.6. The minimum atomic E-state index is -0.232. The van der Waals surface area contributed by atoms with Gasteiger partial charge in [-0.15, -0.1) is 0 Å². The summed E-state index contributed by atoms with van der Waals surface area (Å²) in [5, 5.41) is 12.9. The average Bonchev–Trinajstić information content (AvgIpc) is 3.42. The van der Waals surface area contributed by atoms with Crippen LogP contribution in [0.2, 0.25) is 0 Å². The number of benzene rings is 1. The second-order valence-corrected chi connectivity index (χ2v) is 8.34. The minimum absolute atomic E-state index is 0.00119. The number of amides is 2. The molecule has 1 saturated heterocycles. The van der Waals surface area contributed by atoms with E-state index < -0.39 is 0 Å². The summed E-state index contributed by atoms with van der Waals surface area (Å²) in [4.78, 5) is 26.5. The Bertz CT molecular complexity index is 785. The van der Waals surface area contributed by atoms with Gasteiger partial charge in [0.15, 0.2) is 0 Å². The summed E-state index contributed by atoms with van der Waals surface area (Å²) in [6, 6.07) is 8.15. The van der Waals surface area contributed by atoms with Crippen molar-refractivity contribution < 1.29 is 19.4 Å². The van der Waals surface area contributed by atoms with Crippen LogP contribution >= 0.6 is 0 Å². The molecule has 2 N–H and O–H groups in total. The summed E-state index contributed by atoms with van der Waals surface area (Å²) < 4.78 is 4.89. The maximum absolute atomic E-state index is 12.8. The fourth-order valence-electron chi connectivity index (χ4n) is 4.74. The summed E-state index contributed by atoms with van der Waals surface area (Å²) in [6.07, 6.45) is 7.63. The van der Waals surface area contributed by atoms with Crippen molar-refractivity contribution in [1.29, 1.82) is 0 Å². The number of allylic oxidation sites excluding steroid dienone is 2. The van der Waals surface area contributed by atoms with Gasteiger partial charge in [-0.25, -0.2) is 0 Å². The van der Waals surface area contributed by atoms with Crippen molar-refractivity contribution in [1.82, 2.24) is 10.2 Å². The third-order valence-corrected chi connectivity index (χ3v) is 6.40. The molecular weight excluding hydrogens is 368 g/mol. The first kappa shape index (κ1) is 20.1. The Kier molecular flexibility index (Phi) is 6.01. The van der Waals surface area contributed by atoms with Crippen molar-refractivity contribution in [3.63, 3.8) is 0 Å². The highest BCUT2D eigenvalue weighted by atomic mass is 16.5. The maximum atomic E-state index is 12.8. The Balaban J connectivity index is 1.53. The van der Waals surface area contributed by atoms with E-state index in [1.165, 1.54) is 24.7 Å². The molecule has 1 aliphatic heterocycles. The summed E-state index contributed by atoms with van der Waals surface area (Å²) >= 11 is 0. The Morgan fingerprint density at radius 3 is 2.55 bits per heavy atom. The normalized spacial score (nSPS) is 26.1. The number of likely N-dealkylation sites (tertiary alicyclic amines) is 1. The molecule has 6 nitrogen and oxygen atoms in total. The number of aliphatic hydroxyl groups excluding tert-OH is 1. The van der Waals surface area contributed by atoms with Crippen LogP contribution in [0.5, 0.6) is 0 Å². The van der Waals surface area contributed by atoms with Crippen LogP contribution in [0.1, 0.15) is 49.1 Å². The van der Waals surface area contributed by atoms with Gasteiger partial charge in [-0.2, -0.15) is 0 Å². The molecule has 0 radical (unpaired) electrons. The second-order valence-electron chi connectivity index (χ2n) is 8.34. The van der Waals surface area contributed by atoms with Crippen LogP contribution in [-0.4, -0.2) is 60.8 Å². The van der Waals surface area contributed by atoms with Gasteiger partial charge in [-0.05, 0) is 48.8 Å². The fourth-order valence-corrected chi connectivity index (χ4v) is 4.74. The number of carbonyl (C=O) groups is 2. The molecule has 3 aliphatic rings. The van der Waals surface area contributed by atoms with E-state index in [-0.39, 0.29) is 48.9 Å². The van der Waals surface area contributed by atoms with E-state index in [2.05, 4.69) is 35.7 Å². The lowest BCUT2D eigenvalue weighted by molar-refractivity contribution is -0.152. The first-order valence-corrected chi connectivity index (χ1v) is 10.6. The van der Waals surface area contributed by atoms with Gasteiger partial charge in [-0.1, -0.05) is 30.3 Å². The van der Waals surface area contributed by atoms with Crippen LogP contribution in [0.3, 0.4) is 0 Å². The highest BCUT2D eigenvalue weighted by Crippen LogP contribution is 2.44. The molecule has 6 heteroatoms. The summed E-state index contributed by atoms with van der Waals surface area (Å²) in [5.41, 5.74) is 3.76. The molecular formula is C23H30N2O4. The molecule has 1 saturated carbocycles. The lowest BCUT2D eigenvalue weighted by atomic mass is 9.74. The van der Waals surface area contributed by atoms with E-state index in [9.17, 15) is 14.7 Å². The Labute approximate surface area is 171 Å². The first-order chi connectivity index (χ1) is 14.1. The van der Waals surface area contributed by atoms with Crippen LogP contribution in [0, 0.1) is 5.92 Å².